The number of rotatable bonds is 1. The number of nitrogens with two attached hydrogens (primary N) is 1. The van der Waals surface area contributed by atoms with E-state index < -0.39 is 17.2 Å². The molecule has 1 atom stereocenters. The van der Waals surface area contributed by atoms with Crippen LogP contribution >= 0.6 is 0 Å². The summed E-state index contributed by atoms with van der Waals surface area (Å²) in [6.07, 6.45) is 2.30. The Labute approximate surface area is 117 Å². The van der Waals surface area contributed by atoms with Crippen molar-refractivity contribution in [3.63, 3.8) is 0 Å². The third-order valence-corrected chi connectivity index (χ3v) is 4.25. The molecule has 104 valence electrons. The molecule has 0 aliphatic heterocycles. The van der Waals surface area contributed by atoms with E-state index in [1.807, 2.05) is 24.3 Å². The van der Waals surface area contributed by atoms with Gasteiger partial charge in [0.05, 0.1) is 5.54 Å². The van der Waals surface area contributed by atoms with Crippen LogP contribution in [0.15, 0.2) is 36.4 Å². The maximum Gasteiger partial charge on any atom is 0.134 e. The fourth-order valence-electron chi connectivity index (χ4n) is 3.19. The molecule has 0 spiro atoms. The topological polar surface area (TPSA) is 26.0 Å². The molecule has 1 nitrogen and oxygen atoms in total. The lowest BCUT2D eigenvalue weighted by Gasteiger charge is -2.37. The summed E-state index contributed by atoms with van der Waals surface area (Å²) in [5, 5.41) is 0. The first-order valence-corrected chi connectivity index (χ1v) is 6.86. The van der Waals surface area contributed by atoms with Crippen LogP contribution in [-0.2, 0) is 12.0 Å². The van der Waals surface area contributed by atoms with Crippen LogP contribution in [0.5, 0.6) is 0 Å². The van der Waals surface area contributed by atoms with Gasteiger partial charge in [0.1, 0.15) is 11.6 Å². The molecule has 1 aliphatic carbocycles. The van der Waals surface area contributed by atoms with Crippen LogP contribution in [0.4, 0.5) is 8.78 Å². The second kappa shape index (κ2) is 4.67. The van der Waals surface area contributed by atoms with E-state index >= 15 is 0 Å². The van der Waals surface area contributed by atoms with Crippen LogP contribution in [0.3, 0.4) is 0 Å². The van der Waals surface area contributed by atoms with E-state index in [0.29, 0.717) is 12.0 Å². The summed E-state index contributed by atoms with van der Waals surface area (Å²) in [4.78, 5) is 0. The van der Waals surface area contributed by atoms with Crippen LogP contribution in [0.25, 0.3) is 0 Å². The molecule has 3 heteroatoms. The molecular weight excluding hydrogens is 256 g/mol. The van der Waals surface area contributed by atoms with Crippen molar-refractivity contribution in [2.45, 2.75) is 31.7 Å². The number of hydrogen-bond acceptors (Lipinski definition) is 1. The van der Waals surface area contributed by atoms with E-state index in [-0.39, 0.29) is 5.56 Å². The Bertz CT molecular complexity index is 666. The molecular formula is C17H17F2N. The Kier molecular flexibility index (Phi) is 3.09. The Morgan fingerprint density at radius 3 is 2.65 bits per heavy atom. The Balaban J connectivity index is 2.27. The lowest BCUT2D eigenvalue weighted by molar-refractivity contribution is 0.397. The average Bonchev–Trinajstić information content (AvgIpc) is 2.44. The van der Waals surface area contributed by atoms with Gasteiger partial charge in [0.15, 0.2) is 0 Å². The van der Waals surface area contributed by atoms with Gasteiger partial charge < -0.3 is 5.73 Å². The first-order chi connectivity index (χ1) is 9.54. The Morgan fingerprint density at radius 1 is 1.10 bits per heavy atom. The summed E-state index contributed by atoms with van der Waals surface area (Å²) in [5.41, 5.74) is 7.76. The summed E-state index contributed by atoms with van der Waals surface area (Å²) in [5.74, 6) is -1.09. The van der Waals surface area contributed by atoms with E-state index in [1.165, 1.54) is 12.1 Å². The molecule has 0 saturated carbocycles. The Hall–Kier alpha value is -1.74. The highest BCUT2D eigenvalue weighted by Gasteiger charge is 2.38. The number of halogens is 2. The van der Waals surface area contributed by atoms with Crippen LogP contribution in [0, 0.1) is 18.6 Å². The Morgan fingerprint density at radius 2 is 1.85 bits per heavy atom. The SMILES string of the molecule is Cc1ccc(F)c(C2(N)CCCc3ccccc32)c1F. The highest BCUT2D eigenvalue weighted by molar-refractivity contribution is 5.46. The lowest BCUT2D eigenvalue weighted by Crippen LogP contribution is -2.43. The van der Waals surface area contributed by atoms with Gasteiger partial charge in [-0.25, -0.2) is 8.78 Å². The van der Waals surface area contributed by atoms with Gasteiger partial charge in [0.25, 0.3) is 0 Å². The second-order valence-corrected chi connectivity index (χ2v) is 5.54. The fourth-order valence-corrected chi connectivity index (χ4v) is 3.19. The molecule has 0 aromatic heterocycles. The van der Waals surface area contributed by atoms with Crippen molar-refractivity contribution in [3.05, 3.63) is 70.3 Å². The van der Waals surface area contributed by atoms with Gasteiger partial charge in [-0.15, -0.1) is 0 Å². The highest BCUT2D eigenvalue weighted by atomic mass is 19.1. The summed E-state index contributed by atoms with van der Waals surface area (Å²) < 4.78 is 28.7. The molecule has 0 saturated heterocycles. The molecule has 20 heavy (non-hydrogen) atoms. The molecule has 1 aliphatic rings. The third kappa shape index (κ3) is 1.85. The summed E-state index contributed by atoms with van der Waals surface area (Å²) >= 11 is 0. The molecule has 0 fully saturated rings. The van der Waals surface area contributed by atoms with E-state index in [1.54, 1.807) is 6.92 Å². The zero-order valence-electron chi connectivity index (χ0n) is 11.4. The number of benzene rings is 2. The van der Waals surface area contributed by atoms with Crippen LogP contribution in [0.1, 0.15) is 35.1 Å². The van der Waals surface area contributed by atoms with Gasteiger partial charge in [-0.3, -0.25) is 0 Å². The molecule has 2 N–H and O–H groups in total. The predicted molar refractivity (Wildman–Crippen MR) is 75.4 cm³/mol. The van der Waals surface area contributed by atoms with Crippen molar-refractivity contribution in [3.8, 4) is 0 Å². The van der Waals surface area contributed by atoms with E-state index in [9.17, 15) is 8.78 Å². The van der Waals surface area contributed by atoms with Gasteiger partial charge in [0.2, 0.25) is 0 Å². The van der Waals surface area contributed by atoms with Crippen LogP contribution in [0.2, 0.25) is 0 Å². The molecule has 3 rings (SSSR count). The van der Waals surface area contributed by atoms with Crippen molar-refractivity contribution in [1.82, 2.24) is 0 Å². The minimum Gasteiger partial charge on any atom is -0.318 e. The molecule has 0 radical (unpaired) electrons. The summed E-state index contributed by atoms with van der Waals surface area (Å²) in [7, 11) is 0. The number of hydrogen-bond donors (Lipinski definition) is 1. The smallest absolute Gasteiger partial charge is 0.134 e. The van der Waals surface area contributed by atoms with Crippen molar-refractivity contribution in [2.24, 2.45) is 5.73 Å². The van der Waals surface area contributed by atoms with Gasteiger partial charge in [0, 0.05) is 5.56 Å². The summed E-state index contributed by atoms with van der Waals surface area (Å²) in [6, 6.07) is 10.4. The maximum absolute atomic E-state index is 14.5. The molecule has 0 heterocycles. The third-order valence-electron chi connectivity index (χ3n) is 4.25. The van der Waals surface area contributed by atoms with Crippen molar-refractivity contribution in [2.75, 3.05) is 0 Å². The van der Waals surface area contributed by atoms with Crippen LogP contribution < -0.4 is 5.73 Å². The van der Waals surface area contributed by atoms with Crippen molar-refractivity contribution >= 4 is 0 Å². The maximum atomic E-state index is 14.5. The van der Waals surface area contributed by atoms with E-state index in [4.69, 9.17) is 5.73 Å². The standard InChI is InChI=1S/C17H17F2N/c1-11-8-9-14(18)15(16(11)19)17(20)10-4-6-12-5-2-3-7-13(12)17/h2-3,5,7-9H,4,6,10,20H2,1H3. The van der Waals surface area contributed by atoms with Gasteiger partial charge in [-0.1, -0.05) is 30.3 Å². The molecule has 2 aromatic carbocycles. The molecule has 2 aromatic rings. The van der Waals surface area contributed by atoms with Crippen molar-refractivity contribution in [1.29, 1.82) is 0 Å². The van der Waals surface area contributed by atoms with E-state index in [2.05, 4.69) is 0 Å². The predicted octanol–water partition coefficient (Wildman–Crippen LogP) is 3.81. The first kappa shape index (κ1) is 13.3. The van der Waals surface area contributed by atoms with Gasteiger partial charge in [-0.2, -0.15) is 0 Å². The monoisotopic (exact) mass is 273 g/mol. The minimum absolute atomic E-state index is 0.00431. The van der Waals surface area contributed by atoms with Gasteiger partial charge in [-0.05, 0) is 48.9 Å². The van der Waals surface area contributed by atoms with Gasteiger partial charge >= 0.3 is 0 Å². The number of fused-ring (bicyclic) bond motifs is 1. The summed E-state index contributed by atoms with van der Waals surface area (Å²) in [6.45, 7) is 1.64. The highest BCUT2D eigenvalue weighted by Crippen LogP contribution is 2.41. The lowest BCUT2D eigenvalue weighted by atomic mass is 9.72. The minimum atomic E-state index is -1.07. The van der Waals surface area contributed by atoms with Crippen LogP contribution in [-0.4, -0.2) is 0 Å². The van der Waals surface area contributed by atoms with E-state index in [0.717, 1.165) is 24.0 Å². The molecule has 1 unspecified atom stereocenters. The zero-order chi connectivity index (χ0) is 14.3. The first-order valence-electron chi connectivity index (χ1n) is 6.86. The largest absolute Gasteiger partial charge is 0.318 e. The zero-order valence-corrected chi connectivity index (χ0v) is 11.4. The second-order valence-electron chi connectivity index (χ2n) is 5.54. The fraction of sp³-hybridized carbons (Fsp3) is 0.294. The number of aryl methyl sites for hydroxylation is 2. The quantitative estimate of drug-likeness (QED) is 0.840. The average molecular weight is 273 g/mol. The molecule has 0 bridgehead atoms. The van der Waals surface area contributed by atoms with Crippen molar-refractivity contribution < 1.29 is 8.78 Å². The molecule has 0 amide bonds. The normalized spacial score (nSPS) is 21.6.